The maximum atomic E-state index is 13.6. The highest BCUT2D eigenvalue weighted by molar-refractivity contribution is 6.13. The minimum absolute atomic E-state index is 0.397. The summed E-state index contributed by atoms with van der Waals surface area (Å²) in [6.45, 7) is 0.691. The van der Waals surface area contributed by atoms with Crippen molar-refractivity contribution in [1.82, 2.24) is 29.6 Å². The molecule has 0 aromatic carbocycles. The summed E-state index contributed by atoms with van der Waals surface area (Å²) in [4.78, 5) is 127. The van der Waals surface area contributed by atoms with Gasteiger partial charge in [-0.2, -0.15) is 0 Å². The van der Waals surface area contributed by atoms with Gasteiger partial charge in [-0.3, -0.25) is 58.2 Å². The van der Waals surface area contributed by atoms with Crippen LogP contribution in [0.4, 0.5) is 0 Å². The molecule has 2 heterocycles. The van der Waals surface area contributed by atoms with Crippen molar-refractivity contribution in [1.29, 1.82) is 0 Å². The van der Waals surface area contributed by atoms with Crippen LogP contribution in [0.1, 0.15) is 39.5 Å². The van der Waals surface area contributed by atoms with Crippen LogP contribution in [0.2, 0.25) is 0 Å². The molecule has 8 amide bonds. The zero-order valence-corrected chi connectivity index (χ0v) is 25.8. The Morgan fingerprint density at radius 3 is 1.11 bits per heavy atom. The first-order valence-electron chi connectivity index (χ1n) is 14.1. The topological polar surface area (TPSA) is 231 Å². The van der Waals surface area contributed by atoms with Gasteiger partial charge in [-0.05, 0) is 13.8 Å². The van der Waals surface area contributed by atoms with E-state index in [1.54, 1.807) is 0 Å². The van der Waals surface area contributed by atoms with Crippen LogP contribution in [0.5, 0.6) is 0 Å². The molecule has 0 aromatic rings. The lowest BCUT2D eigenvalue weighted by Gasteiger charge is -2.36. The number of aliphatic carboxylic acids is 2. The molecule has 2 N–H and O–H groups in total. The second kappa shape index (κ2) is 16.1. The Labute approximate surface area is 263 Å². The molecule has 250 valence electrons. The van der Waals surface area contributed by atoms with Gasteiger partial charge < -0.3 is 20.0 Å². The van der Waals surface area contributed by atoms with E-state index in [0.29, 0.717) is 0 Å². The van der Waals surface area contributed by atoms with E-state index in [1.807, 2.05) is 0 Å². The van der Waals surface area contributed by atoms with Crippen molar-refractivity contribution in [3.63, 3.8) is 0 Å². The number of hydrogen-bond acceptors (Lipinski definition) is 10. The molecule has 2 rings (SSSR count). The van der Waals surface area contributed by atoms with Crippen molar-refractivity contribution in [3.8, 4) is 0 Å². The second-order valence-corrected chi connectivity index (χ2v) is 10.4. The van der Waals surface area contributed by atoms with E-state index in [-0.39, 0.29) is 0 Å². The molecule has 0 unspecified atom stereocenters. The molecule has 46 heavy (non-hydrogen) atoms. The molecule has 2 aliphatic heterocycles. The summed E-state index contributed by atoms with van der Waals surface area (Å²) in [7, 11) is 2.45. The fraction of sp³-hybridized carbons (Fsp3) is 0.500. The lowest BCUT2D eigenvalue weighted by molar-refractivity contribution is -0.167. The molecule has 18 nitrogen and oxygen atoms in total. The van der Waals surface area contributed by atoms with Gasteiger partial charge in [0.1, 0.15) is 12.1 Å². The van der Waals surface area contributed by atoms with E-state index in [2.05, 4.69) is 0 Å². The predicted molar refractivity (Wildman–Crippen MR) is 153 cm³/mol. The second-order valence-electron chi connectivity index (χ2n) is 10.4. The maximum absolute atomic E-state index is 13.6. The average Bonchev–Trinajstić information content (AvgIpc) is 3.51. The van der Waals surface area contributed by atoms with Crippen LogP contribution in [0.3, 0.4) is 0 Å². The first-order chi connectivity index (χ1) is 21.5. The zero-order valence-electron chi connectivity index (χ0n) is 25.8. The lowest BCUT2D eigenvalue weighted by atomic mass is 10.2. The van der Waals surface area contributed by atoms with Gasteiger partial charge in [-0.15, -0.1) is 0 Å². The molecule has 18 heteroatoms. The summed E-state index contributed by atoms with van der Waals surface area (Å²) < 4.78 is 0. The molecule has 2 atom stereocenters. The van der Waals surface area contributed by atoms with Gasteiger partial charge >= 0.3 is 11.9 Å². The summed E-state index contributed by atoms with van der Waals surface area (Å²) in [5.41, 5.74) is 0. The summed E-state index contributed by atoms with van der Waals surface area (Å²) in [5, 5.41) is 20.2. The largest absolute Gasteiger partial charge is 0.480 e. The lowest BCUT2D eigenvalue weighted by Crippen LogP contribution is -2.53. The Bertz CT molecular complexity index is 1240. The third kappa shape index (κ3) is 9.29. The average molecular weight is 649 g/mol. The Hall–Kier alpha value is -5.42. The van der Waals surface area contributed by atoms with Crippen molar-refractivity contribution >= 4 is 59.2 Å². The first kappa shape index (κ1) is 36.8. The molecular formula is C28H36N6O12. The van der Waals surface area contributed by atoms with Crippen LogP contribution >= 0.6 is 0 Å². The molecule has 0 radical (unpaired) electrons. The highest BCUT2D eigenvalue weighted by Crippen LogP contribution is 2.14. The van der Waals surface area contributed by atoms with Gasteiger partial charge in [-0.1, -0.05) is 0 Å². The number of amides is 8. The Morgan fingerprint density at radius 1 is 0.565 bits per heavy atom. The van der Waals surface area contributed by atoms with E-state index < -0.39 is 123 Å². The third-order valence-electron chi connectivity index (χ3n) is 7.51. The van der Waals surface area contributed by atoms with E-state index in [1.165, 1.54) is 27.9 Å². The summed E-state index contributed by atoms with van der Waals surface area (Å²) in [6.07, 6.45) is 2.00. The van der Waals surface area contributed by atoms with E-state index in [0.717, 1.165) is 53.9 Å². The summed E-state index contributed by atoms with van der Waals surface area (Å²) >= 11 is 0. The third-order valence-corrected chi connectivity index (χ3v) is 7.51. The summed E-state index contributed by atoms with van der Waals surface area (Å²) in [6, 6.07) is -2.47. The molecule has 0 aliphatic carbocycles. The minimum atomic E-state index is -1.30. The first-order valence-corrected chi connectivity index (χ1v) is 14.1. The molecule has 2 aliphatic rings. The van der Waals surface area contributed by atoms with Crippen LogP contribution in [-0.4, -0.2) is 151 Å². The molecule has 0 bridgehead atoms. The molecular weight excluding hydrogens is 612 g/mol. The quantitative estimate of drug-likeness (QED) is 0.135. The van der Waals surface area contributed by atoms with Crippen LogP contribution in [0.15, 0.2) is 24.3 Å². The number of carbonyl (C=O) groups excluding carboxylic acids is 8. The maximum Gasteiger partial charge on any atom is 0.326 e. The number of imide groups is 2. The van der Waals surface area contributed by atoms with Crippen LogP contribution < -0.4 is 0 Å². The van der Waals surface area contributed by atoms with Gasteiger partial charge in [0.2, 0.25) is 23.6 Å². The number of likely N-dealkylation sites (N-methyl/N-ethyl adjacent to an activating group) is 2. The number of carbonyl (C=O) groups is 10. The number of rotatable bonds is 16. The number of hydrazine groups is 1. The van der Waals surface area contributed by atoms with Gasteiger partial charge in [0.15, 0.2) is 0 Å². The van der Waals surface area contributed by atoms with Crippen LogP contribution in [-0.2, 0) is 47.9 Å². The molecule has 0 saturated carbocycles. The van der Waals surface area contributed by atoms with Crippen molar-refractivity contribution in [2.45, 2.75) is 51.6 Å². The molecule has 0 spiro atoms. The van der Waals surface area contributed by atoms with E-state index >= 15 is 0 Å². The highest BCUT2D eigenvalue weighted by atomic mass is 16.4. The Morgan fingerprint density at radius 2 is 0.848 bits per heavy atom. The molecule has 0 aromatic heterocycles. The predicted octanol–water partition coefficient (Wildman–Crippen LogP) is -2.17. The van der Waals surface area contributed by atoms with Crippen molar-refractivity contribution < 1.29 is 58.2 Å². The van der Waals surface area contributed by atoms with E-state index in [4.69, 9.17) is 0 Å². The van der Waals surface area contributed by atoms with Gasteiger partial charge in [0, 0.05) is 77.2 Å². The number of nitrogens with zero attached hydrogens (tertiary/aromatic N) is 6. The van der Waals surface area contributed by atoms with Crippen molar-refractivity contribution in [3.05, 3.63) is 24.3 Å². The van der Waals surface area contributed by atoms with Crippen LogP contribution in [0.25, 0.3) is 0 Å². The van der Waals surface area contributed by atoms with Gasteiger partial charge in [0.05, 0.1) is 13.1 Å². The number of hydrogen-bond donors (Lipinski definition) is 2. The Kier molecular flexibility index (Phi) is 12.8. The fourth-order valence-corrected chi connectivity index (χ4v) is 4.26. The molecule has 0 saturated heterocycles. The minimum Gasteiger partial charge on any atom is -0.480 e. The normalized spacial score (nSPS) is 15.2. The van der Waals surface area contributed by atoms with Gasteiger partial charge in [0.25, 0.3) is 23.6 Å². The molecule has 0 fully saturated rings. The van der Waals surface area contributed by atoms with Crippen molar-refractivity contribution in [2.24, 2.45) is 0 Å². The fourth-order valence-electron chi connectivity index (χ4n) is 4.26. The number of carboxylic acid groups (broad SMARTS) is 2. The van der Waals surface area contributed by atoms with Gasteiger partial charge in [-0.25, -0.2) is 9.59 Å². The number of carboxylic acids is 2. The van der Waals surface area contributed by atoms with Crippen LogP contribution in [0, 0.1) is 0 Å². The highest BCUT2D eigenvalue weighted by Gasteiger charge is 2.33. The summed E-state index contributed by atoms with van der Waals surface area (Å²) in [5.74, 6) is -8.47. The smallest absolute Gasteiger partial charge is 0.326 e. The van der Waals surface area contributed by atoms with Crippen molar-refractivity contribution in [2.75, 3.05) is 40.3 Å². The monoisotopic (exact) mass is 648 g/mol. The standard InChI is InChI=1S/C28H36N6O12/c1-17(27(43)44)29(3)19(35)11-15-33(25(41)9-13-31-21(37)5-6-22(31)38)34(16-12-20(36)30(4)18(2)28(45)46)26(42)10-14-32-23(39)7-8-24(32)40/h5-8,17-18H,9-16H2,1-4H3,(H,43,44)(H,45,46)/t17-,18-/m0/s1. The SMILES string of the molecule is C[C@@H](C(=O)O)N(C)C(=O)CCN(C(=O)CCN1C(=O)C=CC1=O)N(CCC(=O)N(C)[C@@H](C)C(=O)O)C(=O)CCN1C(=O)C=CC1=O. The Balaban J connectivity index is 2.37. The van der Waals surface area contributed by atoms with E-state index in [9.17, 15) is 58.2 Å². The zero-order chi connectivity index (χ0) is 34.9.